The van der Waals surface area contributed by atoms with E-state index in [9.17, 15) is 64.5 Å². The number of carbonyl (C=O) groups excluding carboxylic acids is 7. The fraction of sp³-hybridized carbons (Fsp3) is 0.650. The monoisotopic (exact) mass is 963 g/mol. The number of hydrogen-bond acceptors (Lipinski definition) is 17. The van der Waals surface area contributed by atoms with Crippen LogP contribution < -0.4 is 32.3 Å². The predicted octanol–water partition coefficient (Wildman–Crippen LogP) is -0.419. The molecule has 0 saturated carbocycles. The molecule has 2 rings (SSSR count). The number of phenolic OH excluding ortho intramolecular Hbond substituents is 1. The molecule has 4 unspecified atom stereocenters. The van der Waals surface area contributed by atoms with Crippen molar-refractivity contribution in [3.05, 3.63) is 39.4 Å². The van der Waals surface area contributed by atoms with Crippen LogP contribution in [-0.4, -0.2) is 149 Å². The topological polar surface area (TPSA) is 378 Å². The van der Waals surface area contributed by atoms with Gasteiger partial charge in [-0.15, -0.1) is 0 Å². The van der Waals surface area contributed by atoms with Crippen molar-refractivity contribution in [3.8, 4) is 5.75 Å². The number of anilines is 1. The molecule has 25 heteroatoms. The largest absolute Gasteiger partial charge is 3.00 e. The van der Waals surface area contributed by atoms with Crippen LogP contribution in [0.5, 0.6) is 5.75 Å². The molecule has 1 radical (unpaired) electrons. The first kappa shape index (κ1) is 57.9. The summed E-state index contributed by atoms with van der Waals surface area (Å²) in [6.07, 6.45) is 3.69. The van der Waals surface area contributed by atoms with Crippen molar-refractivity contribution in [3.63, 3.8) is 0 Å². The number of unbranched alkanes of at least 4 members (excludes halogenated alkanes) is 6. The zero-order valence-electron chi connectivity index (χ0n) is 36.7. The second kappa shape index (κ2) is 29.4. The Bertz CT molecular complexity index is 1750. The number of carbonyl (C=O) groups is 7. The first-order valence-electron chi connectivity index (χ1n) is 21.1. The van der Waals surface area contributed by atoms with Gasteiger partial charge in [-0.25, -0.2) is 0 Å². The number of nitrogens with two attached hydrogens (primary N) is 1. The summed E-state index contributed by atoms with van der Waals surface area (Å²) in [6, 6.07) is 2.26. The molecule has 365 valence electrons. The number of benzene rings is 1. The van der Waals surface area contributed by atoms with Crippen LogP contribution in [0.3, 0.4) is 0 Å². The van der Waals surface area contributed by atoms with E-state index in [2.05, 4.69) is 26.6 Å². The van der Waals surface area contributed by atoms with E-state index >= 15 is 0 Å². The van der Waals surface area contributed by atoms with Crippen molar-refractivity contribution in [2.75, 3.05) is 58.3 Å². The second-order valence-electron chi connectivity index (χ2n) is 15.5. The van der Waals surface area contributed by atoms with Crippen molar-refractivity contribution < 1.29 is 70.7 Å². The minimum Gasteiger partial charge on any atom is -0.756 e. The molecule has 1 aliphatic heterocycles. The molecule has 7 amide bonds. The predicted molar refractivity (Wildman–Crippen MR) is 231 cm³/mol. The summed E-state index contributed by atoms with van der Waals surface area (Å²) in [5.41, 5.74) is 2.18. The van der Waals surface area contributed by atoms with Gasteiger partial charge in [0.2, 0.25) is 29.5 Å². The van der Waals surface area contributed by atoms with Crippen LogP contribution in [0.15, 0.2) is 18.2 Å². The molecule has 11 N–H and O–H groups in total. The van der Waals surface area contributed by atoms with E-state index in [-0.39, 0.29) is 110 Å². The molecule has 0 aliphatic carbocycles. The quantitative estimate of drug-likeness (QED) is 0.0117. The first-order chi connectivity index (χ1) is 30.3. The van der Waals surface area contributed by atoms with E-state index in [0.717, 1.165) is 7.11 Å². The maximum absolute atomic E-state index is 12.9. The van der Waals surface area contributed by atoms with E-state index < -0.39 is 65.3 Å². The second-order valence-corrected chi connectivity index (χ2v) is 15.5. The molecular weight excluding hydrogens is 900 g/mol. The number of ether oxygens (including phenoxy) is 1. The molecule has 1 aliphatic rings. The molecule has 1 fully saturated rings. The molecule has 4 atom stereocenters. The van der Waals surface area contributed by atoms with Gasteiger partial charge in [0.1, 0.15) is 22.9 Å². The average Bonchev–Trinajstić information content (AvgIpc) is 3.26. The maximum atomic E-state index is 12.9. The van der Waals surface area contributed by atoms with Crippen molar-refractivity contribution in [1.82, 2.24) is 36.5 Å². The summed E-state index contributed by atoms with van der Waals surface area (Å²) in [5.74, 6) is -5.89. The van der Waals surface area contributed by atoms with Crippen LogP contribution in [0.2, 0.25) is 0 Å². The summed E-state index contributed by atoms with van der Waals surface area (Å²) < 4.78 is 4.83. The Labute approximate surface area is 387 Å². The molecule has 1 heterocycles. The minimum atomic E-state index is -2.23. The van der Waals surface area contributed by atoms with E-state index in [0.29, 0.717) is 74.5 Å². The Kier molecular flexibility index (Phi) is 26.2. The normalized spacial score (nSPS) is 18.8. The Hall–Kier alpha value is -5.14. The third kappa shape index (κ3) is 19.1. The van der Waals surface area contributed by atoms with Gasteiger partial charge >= 0.3 is 17.1 Å². The van der Waals surface area contributed by atoms with Crippen LogP contribution in [0.1, 0.15) is 101 Å². The van der Waals surface area contributed by atoms with Gasteiger partial charge in [-0.05, 0) is 76.8 Å². The zero-order valence-corrected chi connectivity index (χ0v) is 37.8. The zero-order chi connectivity index (χ0) is 47.9. The molecule has 0 bridgehead atoms. The number of rotatable bonds is 30. The number of aliphatic hydroxyl groups is 2. The van der Waals surface area contributed by atoms with Crippen LogP contribution in [0, 0.1) is 26.9 Å². The number of aromatic hydroxyl groups is 1. The number of nitrogens with zero attached hydrogens (tertiary/aromatic N) is 3. The Morgan fingerprint density at radius 2 is 1.32 bits per heavy atom. The standard InChI is InChI=1S/C40H63N10O14.Fe/c1-39(40(60,25-51)35(41)34(36(42)64-2)38(59)47-39)46-28-22-27(23-29(53)24-28)37(58)45-18-8-5-11-21-50(63)33(57)15-13-31(55)44-17-7-4-10-20-49(62)32(56)14-12-30(54)43-16-6-3-9-19-48(61)26-52;/h22-24,26,34-35,42,46,51,53,60H,3-21,25,41H2,1-2H3,(H,43,54)(H,44,55)(H,45,58)(H,47,59);/q-3;+3. The molecule has 65 heavy (non-hydrogen) atoms. The smallest absolute Gasteiger partial charge is 0.756 e. The summed E-state index contributed by atoms with van der Waals surface area (Å²) >= 11 is 0. The average molecular weight is 964 g/mol. The van der Waals surface area contributed by atoms with Gasteiger partial charge in [-0.3, -0.25) is 39.0 Å². The maximum Gasteiger partial charge on any atom is 3.00 e. The molecule has 0 aromatic heterocycles. The van der Waals surface area contributed by atoms with Gasteiger partial charge in [0.05, 0.1) is 19.8 Å². The van der Waals surface area contributed by atoms with Gasteiger partial charge in [-0.1, -0.05) is 0 Å². The number of nitrogens with one attached hydrogen (secondary N) is 6. The third-order valence-corrected chi connectivity index (χ3v) is 10.6. The summed E-state index contributed by atoms with van der Waals surface area (Å²) in [6.45, 7) is 1.08. The number of methoxy groups -OCH3 is 1. The van der Waals surface area contributed by atoms with Gasteiger partial charge in [0.25, 0.3) is 5.91 Å². The van der Waals surface area contributed by atoms with Gasteiger partial charge in [0, 0.05) is 82.3 Å². The third-order valence-electron chi connectivity index (χ3n) is 10.6. The molecule has 1 aromatic carbocycles. The van der Waals surface area contributed by atoms with Crippen LogP contribution >= 0.6 is 0 Å². The number of aliphatic hydroxyl groups excluding tert-OH is 1. The number of hydroxylamine groups is 6. The van der Waals surface area contributed by atoms with E-state index in [1.807, 2.05) is 0 Å². The molecule has 1 aromatic rings. The van der Waals surface area contributed by atoms with Crippen LogP contribution in [-0.2, 0) is 50.6 Å². The molecule has 24 nitrogen and oxygen atoms in total. The number of hydrogen-bond donors (Lipinski definition) is 10. The van der Waals surface area contributed by atoms with E-state index in [1.54, 1.807) is 0 Å². The summed E-state index contributed by atoms with van der Waals surface area (Å²) in [4.78, 5) is 84.4. The van der Waals surface area contributed by atoms with Crippen molar-refractivity contribution in [1.29, 1.82) is 5.41 Å². The number of piperidine rings is 1. The van der Waals surface area contributed by atoms with Gasteiger partial charge in [-0.2, -0.15) is 0 Å². The van der Waals surface area contributed by atoms with Crippen LogP contribution in [0.4, 0.5) is 5.69 Å². The first-order valence-corrected chi connectivity index (χ1v) is 21.1. The summed E-state index contributed by atoms with van der Waals surface area (Å²) in [7, 11) is 1.16. The Balaban J connectivity index is 0.0000211. The number of amides is 7. The molecule has 1 saturated heterocycles. The van der Waals surface area contributed by atoms with Gasteiger partial charge in [0.15, 0.2) is 12.3 Å². The molecule has 0 spiro atoms. The van der Waals surface area contributed by atoms with E-state index in [4.69, 9.17) is 15.9 Å². The summed E-state index contributed by atoms with van der Waals surface area (Å²) in [5, 5.41) is 89.1. The van der Waals surface area contributed by atoms with Crippen LogP contribution in [0.25, 0.3) is 0 Å². The molecular formula is C40H63FeN10O14. The van der Waals surface area contributed by atoms with Crippen molar-refractivity contribution in [2.24, 2.45) is 11.7 Å². The van der Waals surface area contributed by atoms with E-state index in [1.165, 1.54) is 25.1 Å². The Morgan fingerprint density at radius 1 is 0.831 bits per heavy atom. The van der Waals surface area contributed by atoms with Crippen molar-refractivity contribution >= 4 is 53.4 Å². The fourth-order valence-electron chi connectivity index (χ4n) is 6.73. The Morgan fingerprint density at radius 3 is 1.80 bits per heavy atom. The van der Waals surface area contributed by atoms with Crippen molar-refractivity contribution in [2.45, 2.75) is 108 Å². The SMILES string of the molecule is COC(=N)C1C(=O)NC(C)(Nc2cc(O)cc(C(=O)NCCCCCN([O-])C(=O)CCC(=O)NCCCCCN([O-])C(=O)CCC(=O)NCCCCCN([O-])C=O)c2)C(O)(CO)C1N.[Fe+3]. The van der Waals surface area contributed by atoms with Gasteiger partial charge < -0.3 is 83.2 Å². The minimum absolute atomic E-state index is 0. The fourth-order valence-corrected chi connectivity index (χ4v) is 6.73. The number of phenols is 1.